The smallest absolute Gasteiger partial charge is 0.282 e. The summed E-state index contributed by atoms with van der Waals surface area (Å²) >= 11 is 6.17. The molecular formula is C31H30ClN3O3. The quantitative estimate of drug-likeness (QED) is 0.244. The van der Waals surface area contributed by atoms with Crippen LogP contribution in [0.25, 0.3) is 33.5 Å². The third-order valence-corrected chi connectivity index (χ3v) is 6.76. The van der Waals surface area contributed by atoms with Crippen LogP contribution in [0.4, 0.5) is 0 Å². The minimum Gasteiger partial charge on any atom is -0.507 e. The van der Waals surface area contributed by atoms with Crippen molar-refractivity contribution < 1.29 is 9.52 Å². The Bertz CT molecular complexity index is 1750. The molecule has 0 radical (unpaired) electrons. The summed E-state index contributed by atoms with van der Waals surface area (Å²) in [6, 6.07) is 18.1. The largest absolute Gasteiger partial charge is 0.507 e. The zero-order chi connectivity index (χ0) is 27.4. The highest BCUT2D eigenvalue weighted by Crippen LogP contribution is 2.39. The molecule has 0 amide bonds. The van der Waals surface area contributed by atoms with Gasteiger partial charge in [-0.2, -0.15) is 9.78 Å². The topological polar surface area (TPSA) is 80.6 Å². The van der Waals surface area contributed by atoms with Crippen LogP contribution in [-0.2, 0) is 10.8 Å². The van der Waals surface area contributed by atoms with Crippen LogP contribution in [0.3, 0.4) is 0 Å². The Morgan fingerprint density at radius 3 is 2.26 bits per heavy atom. The van der Waals surface area contributed by atoms with Crippen LogP contribution in [0.15, 0.2) is 75.0 Å². The maximum absolute atomic E-state index is 13.6. The molecule has 2 heterocycles. The molecule has 5 rings (SSSR count). The maximum Gasteiger partial charge on any atom is 0.282 e. The summed E-state index contributed by atoms with van der Waals surface area (Å²) in [5.74, 6) is 0.968. The van der Waals surface area contributed by atoms with Gasteiger partial charge in [-0.05, 0) is 64.9 Å². The third kappa shape index (κ3) is 4.72. The lowest BCUT2D eigenvalue weighted by Crippen LogP contribution is -2.20. The average Bonchev–Trinajstić information content (AvgIpc) is 3.25. The highest BCUT2D eigenvalue weighted by molar-refractivity contribution is 6.31. The number of phenolic OH excluding ortho intramolecular Hbond substituents is 1. The Balaban J connectivity index is 1.73. The molecule has 7 heteroatoms. The van der Waals surface area contributed by atoms with Crippen molar-refractivity contribution >= 4 is 39.7 Å². The lowest BCUT2D eigenvalue weighted by atomic mass is 9.78. The van der Waals surface area contributed by atoms with Crippen molar-refractivity contribution in [2.75, 3.05) is 0 Å². The van der Waals surface area contributed by atoms with Crippen LogP contribution in [0.1, 0.15) is 58.2 Å². The number of nitrogens with zero attached hydrogens (tertiary/aromatic N) is 3. The summed E-state index contributed by atoms with van der Waals surface area (Å²) in [4.78, 5) is 18.4. The van der Waals surface area contributed by atoms with E-state index >= 15 is 0 Å². The molecule has 0 bridgehead atoms. The van der Waals surface area contributed by atoms with Gasteiger partial charge in [-0.1, -0.05) is 65.3 Å². The van der Waals surface area contributed by atoms with Gasteiger partial charge in [0.15, 0.2) is 5.76 Å². The minimum absolute atomic E-state index is 0.281. The Morgan fingerprint density at radius 2 is 1.61 bits per heavy atom. The Kier molecular flexibility index (Phi) is 6.19. The fourth-order valence-corrected chi connectivity index (χ4v) is 4.69. The predicted octanol–water partition coefficient (Wildman–Crippen LogP) is 7.65. The molecular weight excluding hydrogens is 498 g/mol. The molecule has 6 nitrogen and oxygen atoms in total. The molecule has 3 aromatic carbocycles. The maximum atomic E-state index is 13.6. The first kappa shape index (κ1) is 25.7. The van der Waals surface area contributed by atoms with Gasteiger partial charge >= 0.3 is 0 Å². The van der Waals surface area contributed by atoms with Gasteiger partial charge in [0, 0.05) is 21.5 Å². The number of hydrogen-bond donors (Lipinski definition) is 1. The second-order valence-corrected chi connectivity index (χ2v) is 12.0. The molecule has 0 fully saturated rings. The van der Waals surface area contributed by atoms with E-state index in [4.69, 9.17) is 21.0 Å². The number of furan rings is 1. The predicted molar refractivity (Wildman–Crippen MR) is 155 cm³/mol. The van der Waals surface area contributed by atoms with Gasteiger partial charge in [-0.25, -0.2) is 4.98 Å². The van der Waals surface area contributed by atoms with Crippen LogP contribution in [0, 0.1) is 0 Å². The number of aromatic nitrogens is 2. The van der Waals surface area contributed by atoms with E-state index in [1.54, 1.807) is 48.7 Å². The first-order valence-electron chi connectivity index (χ1n) is 12.5. The molecule has 2 aromatic heterocycles. The molecule has 0 unspecified atom stereocenters. The summed E-state index contributed by atoms with van der Waals surface area (Å²) in [7, 11) is 0. The second-order valence-electron chi connectivity index (χ2n) is 11.6. The SMILES string of the molecule is CC(C)(C)c1cc(C=Nn2c(-c3cc4cc(Cl)ccc4o3)nc3ccccc3c2=O)cc(C(C)(C)C)c1O. The number of aromatic hydroxyl groups is 1. The Morgan fingerprint density at radius 1 is 0.947 bits per heavy atom. The second kappa shape index (κ2) is 9.14. The highest BCUT2D eigenvalue weighted by atomic mass is 35.5. The van der Waals surface area contributed by atoms with Crippen molar-refractivity contribution in [2.45, 2.75) is 52.4 Å². The zero-order valence-corrected chi connectivity index (χ0v) is 23.1. The Hall–Kier alpha value is -3.90. The first-order chi connectivity index (χ1) is 17.8. The summed E-state index contributed by atoms with van der Waals surface area (Å²) in [5.41, 5.74) is 2.66. The van der Waals surface area contributed by atoms with Gasteiger partial charge in [0.1, 0.15) is 11.3 Å². The van der Waals surface area contributed by atoms with Crippen molar-refractivity contribution in [3.63, 3.8) is 0 Å². The molecule has 0 saturated heterocycles. The monoisotopic (exact) mass is 527 g/mol. The number of rotatable bonds is 3. The molecule has 1 N–H and O–H groups in total. The van der Waals surface area contributed by atoms with Crippen LogP contribution in [0.5, 0.6) is 5.75 Å². The van der Waals surface area contributed by atoms with Crippen molar-refractivity contribution in [1.82, 2.24) is 9.66 Å². The van der Waals surface area contributed by atoms with Crippen molar-refractivity contribution in [3.8, 4) is 17.3 Å². The number of halogens is 1. The third-order valence-electron chi connectivity index (χ3n) is 6.52. The van der Waals surface area contributed by atoms with Gasteiger partial charge in [-0.15, -0.1) is 0 Å². The van der Waals surface area contributed by atoms with Gasteiger partial charge in [0.2, 0.25) is 5.82 Å². The van der Waals surface area contributed by atoms with E-state index in [0.717, 1.165) is 22.1 Å². The van der Waals surface area contributed by atoms with Gasteiger partial charge < -0.3 is 9.52 Å². The zero-order valence-electron chi connectivity index (χ0n) is 22.3. The van der Waals surface area contributed by atoms with Gasteiger partial charge in [0.05, 0.1) is 17.1 Å². The van der Waals surface area contributed by atoms with Gasteiger partial charge in [-0.3, -0.25) is 4.79 Å². The molecule has 38 heavy (non-hydrogen) atoms. The molecule has 194 valence electrons. The van der Waals surface area contributed by atoms with E-state index < -0.39 is 0 Å². The normalized spacial score (nSPS) is 12.7. The minimum atomic E-state index is -0.314. The standard InChI is InChI=1S/C31H30ClN3O3/c1-30(2,3)22-13-18(14-23(27(22)36)31(4,5)6)17-33-35-28(34-24-10-8-7-9-21(24)29(35)37)26-16-19-15-20(32)11-12-25(19)38-26/h7-17,36H,1-6H3. The number of hydrogen-bond acceptors (Lipinski definition) is 5. The van der Waals surface area contributed by atoms with Crippen LogP contribution >= 0.6 is 11.6 Å². The lowest BCUT2D eigenvalue weighted by molar-refractivity contribution is 0.423. The number of phenols is 1. The van der Waals surface area contributed by atoms with Crippen molar-refractivity contribution in [2.24, 2.45) is 5.10 Å². The fraction of sp³-hybridized carbons (Fsp3) is 0.258. The van der Waals surface area contributed by atoms with E-state index in [1.807, 2.05) is 18.2 Å². The average molecular weight is 528 g/mol. The molecule has 0 spiro atoms. The van der Waals surface area contributed by atoms with Crippen LogP contribution < -0.4 is 5.56 Å². The fourth-order valence-electron chi connectivity index (χ4n) is 4.51. The first-order valence-corrected chi connectivity index (χ1v) is 12.8. The number of benzene rings is 3. The molecule has 0 atom stereocenters. The van der Waals surface area contributed by atoms with Gasteiger partial charge in [0.25, 0.3) is 5.56 Å². The van der Waals surface area contributed by atoms with Crippen molar-refractivity contribution in [3.05, 3.63) is 92.7 Å². The van der Waals surface area contributed by atoms with Crippen LogP contribution in [-0.4, -0.2) is 21.0 Å². The Labute approximate surface area is 226 Å². The summed E-state index contributed by atoms with van der Waals surface area (Å²) in [6.45, 7) is 12.3. The van der Waals surface area contributed by atoms with E-state index in [2.05, 4.69) is 46.6 Å². The van der Waals surface area contributed by atoms with Crippen LogP contribution in [0.2, 0.25) is 5.02 Å². The van der Waals surface area contributed by atoms with Crippen molar-refractivity contribution in [1.29, 1.82) is 0 Å². The molecule has 5 aromatic rings. The summed E-state index contributed by atoms with van der Waals surface area (Å²) < 4.78 is 7.33. The lowest BCUT2D eigenvalue weighted by Gasteiger charge is -2.27. The van der Waals surface area contributed by atoms with E-state index in [9.17, 15) is 9.90 Å². The number of fused-ring (bicyclic) bond motifs is 2. The summed E-state index contributed by atoms with van der Waals surface area (Å²) in [6.07, 6.45) is 1.63. The molecule has 0 aliphatic heterocycles. The van der Waals surface area contributed by atoms with E-state index in [1.165, 1.54) is 4.68 Å². The molecule has 0 aliphatic rings. The number of para-hydroxylation sites is 1. The molecule has 0 saturated carbocycles. The summed E-state index contributed by atoms with van der Waals surface area (Å²) in [5, 5.41) is 17.5. The van der Waals surface area contributed by atoms with E-state index in [0.29, 0.717) is 27.3 Å². The highest BCUT2D eigenvalue weighted by Gasteiger charge is 2.26. The van der Waals surface area contributed by atoms with E-state index in [-0.39, 0.29) is 28.0 Å². The molecule has 0 aliphatic carbocycles.